The Labute approximate surface area is 70.7 Å². The Bertz CT molecular complexity index is 89.1. The van der Waals surface area contributed by atoms with Gasteiger partial charge in [0.2, 0.25) is 0 Å². The second-order valence-corrected chi connectivity index (χ2v) is 2.14. The van der Waals surface area contributed by atoms with Gasteiger partial charge in [0.05, 0.1) is 0 Å². The molecular formula is C8H12Pd. The van der Waals surface area contributed by atoms with Gasteiger partial charge in [-0.2, -0.15) is 0 Å². The van der Waals surface area contributed by atoms with E-state index in [-0.39, 0.29) is 20.4 Å². The maximum Gasteiger partial charge on any atom is 0 e. The topological polar surface area (TPSA) is 0 Å². The third-order valence-electron chi connectivity index (χ3n) is 1.37. The van der Waals surface area contributed by atoms with Gasteiger partial charge in [-0.1, -0.05) is 24.3 Å². The van der Waals surface area contributed by atoms with Gasteiger partial charge in [0.15, 0.2) is 0 Å². The zero-order chi connectivity index (χ0) is 5.66. The maximum atomic E-state index is 2.23. The molecule has 1 aliphatic rings. The normalized spacial score (nSPS) is 17.8. The molecule has 0 fully saturated rings. The van der Waals surface area contributed by atoms with Crippen molar-refractivity contribution in [3.63, 3.8) is 0 Å². The Morgan fingerprint density at radius 2 is 1.22 bits per heavy atom. The average Bonchev–Trinajstić information content (AvgIpc) is 1.62. The molecule has 0 aromatic heterocycles. The van der Waals surface area contributed by atoms with E-state index in [9.17, 15) is 0 Å². The van der Waals surface area contributed by atoms with Crippen molar-refractivity contribution in [1.29, 1.82) is 0 Å². The number of rotatable bonds is 0. The van der Waals surface area contributed by atoms with Gasteiger partial charge in [-0.3, -0.25) is 0 Å². The number of allylic oxidation sites excluding steroid dienone is 4. The van der Waals surface area contributed by atoms with Crippen LogP contribution >= 0.6 is 0 Å². The molecule has 0 bridgehead atoms. The first-order valence-corrected chi connectivity index (χ1v) is 3.32. The van der Waals surface area contributed by atoms with Crippen molar-refractivity contribution in [3.05, 3.63) is 24.3 Å². The fraction of sp³-hybridized carbons (Fsp3) is 0.500. The average molecular weight is 215 g/mol. The smallest absolute Gasteiger partial charge is 0 e. The van der Waals surface area contributed by atoms with Gasteiger partial charge in [-0.25, -0.2) is 0 Å². The molecule has 9 heavy (non-hydrogen) atoms. The molecule has 0 saturated heterocycles. The second kappa shape index (κ2) is 6.27. The van der Waals surface area contributed by atoms with Crippen LogP contribution in [-0.2, 0) is 20.4 Å². The van der Waals surface area contributed by atoms with Crippen LogP contribution in [0.5, 0.6) is 0 Å². The molecule has 0 nitrogen and oxygen atoms in total. The van der Waals surface area contributed by atoms with Crippen LogP contribution in [0.15, 0.2) is 24.3 Å². The van der Waals surface area contributed by atoms with E-state index in [0.29, 0.717) is 0 Å². The van der Waals surface area contributed by atoms with Crippen LogP contribution in [0.25, 0.3) is 0 Å². The zero-order valence-corrected chi connectivity index (χ0v) is 7.01. The Morgan fingerprint density at radius 1 is 0.778 bits per heavy atom. The summed E-state index contributed by atoms with van der Waals surface area (Å²) in [6, 6.07) is 0. The standard InChI is InChI=1S/C8H12.Pd/c1-2-4-6-8-7-5-3-1;/h1-4H,5-8H2;. The minimum Gasteiger partial charge on any atom is -0.0845 e. The maximum absolute atomic E-state index is 2.23. The van der Waals surface area contributed by atoms with Crippen molar-refractivity contribution in [3.8, 4) is 0 Å². The Morgan fingerprint density at radius 3 is 1.67 bits per heavy atom. The van der Waals surface area contributed by atoms with Gasteiger partial charge in [-0.05, 0) is 25.7 Å². The summed E-state index contributed by atoms with van der Waals surface area (Å²) < 4.78 is 0. The van der Waals surface area contributed by atoms with Crippen molar-refractivity contribution in [1.82, 2.24) is 0 Å². The molecule has 0 N–H and O–H groups in total. The third kappa shape index (κ3) is 4.63. The zero-order valence-electron chi connectivity index (χ0n) is 5.45. The molecule has 0 aromatic carbocycles. The van der Waals surface area contributed by atoms with Crippen molar-refractivity contribution < 1.29 is 20.4 Å². The third-order valence-corrected chi connectivity index (χ3v) is 1.37. The quantitative estimate of drug-likeness (QED) is 0.544. The van der Waals surface area contributed by atoms with Gasteiger partial charge in [0.25, 0.3) is 0 Å². The minimum absolute atomic E-state index is 0. The summed E-state index contributed by atoms with van der Waals surface area (Å²) in [5.41, 5.74) is 0. The summed E-state index contributed by atoms with van der Waals surface area (Å²) in [6.45, 7) is 0. The van der Waals surface area contributed by atoms with Crippen LogP contribution in [0.2, 0.25) is 0 Å². The molecule has 0 spiro atoms. The molecule has 0 heterocycles. The van der Waals surface area contributed by atoms with Crippen LogP contribution < -0.4 is 0 Å². The van der Waals surface area contributed by atoms with Gasteiger partial charge < -0.3 is 0 Å². The summed E-state index contributed by atoms with van der Waals surface area (Å²) in [5.74, 6) is 0. The van der Waals surface area contributed by atoms with Gasteiger partial charge in [-0.15, -0.1) is 0 Å². The van der Waals surface area contributed by atoms with E-state index in [4.69, 9.17) is 0 Å². The Balaban J connectivity index is 0.000000640. The second-order valence-electron chi connectivity index (χ2n) is 2.14. The van der Waals surface area contributed by atoms with Gasteiger partial charge >= 0.3 is 0 Å². The summed E-state index contributed by atoms with van der Waals surface area (Å²) in [6.07, 6.45) is 14.0. The Hall–Kier alpha value is 0.142. The first-order valence-electron chi connectivity index (χ1n) is 3.32. The van der Waals surface area contributed by atoms with E-state index in [2.05, 4.69) is 24.3 Å². The summed E-state index contributed by atoms with van der Waals surface area (Å²) >= 11 is 0. The van der Waals surface area contributed by atoms with E-state index in [1.165, 1.54) is 25.7 Å². The molecule has 0 aliphatic heterocycles. The van der Waals surface area contributed by atoms with E-state index in [1.807, 2.05) is 0 Å². The largest absolute Gasteiger partial charge is 0.0845 e. The molecule has 1 heteroatoms. The summed E-state index contributed by atoms with van der Waals surface area (Å²) in [5, 5.41) is 0. The molecule has 1 aliphatic carbocycles. The van der Waals surface area contributed by atoms with Crippen LogP contribution in [0.4, 0.5) is 0 Å². The molecule has 54 valence electrons. The predicted molar refractivity (Wildman–Crippen MR) is 36.7 cm³/mol. The minimum atomic E-state index is 0. The van der Waals surface area contributed by atoms with E-state index >= 15 is 0 Å². The van der Waals surface area contributed by atoms with Gasteiger partial charge in [0.1, 0.15) is 0 Å². The van der Waals surface area contributed by atoms with E-state index in [0.717, 1.165) is 0 Å². The number of hydrogen-bond acceptors (Lipinski definition) is 0. The monoisotopic (exact) mass is 214 g/mol. The fourth-order valence-electron chi connectivity index (χ4n) is 0.874. The first kappa shape index (κ1) is 9.14. The Kier molecular flexibility index (Phi) is 6.36. The fourth-order valence-corrected chi connectivity index (χ4v) is 0.874. The number of hydrogen-bond donors (Lipinski definition) is 0. The van der Waals surface area contributed by atoms with Gasteiger partial charge in [0, 0.05) is 20.4 Å². The molecular weight excluding hydrogens is 203 g/mol. The van der Waals surface area contributed by atoms with Crippen molar-refractivity contribution >= 4 is 0 Å². The summed E-state index contributed by atoms with van der Waals surface area (Å²) in [4.78, 5) is 0. The summed E-state index contributed by atoms with van der Waals surface area (Å²) in [7, 11) is 0. The molecule has 0 radical (unpaired) electrons. The van der Waals surface area contributed by atoms with Crippen molar-refractivity contribution in [2.45, 2.75) is 25.7 Å². The SMILES string of the molecule is C1=CCCCCC=C1.[Pd]. The first-order chi connectivity index (χ1) is 4.00. The van der Waals surface area contributed by atoms with E-state index in [1.54, 1.807) is 0 Å². The molecule has 0 aromatic rings. The molecule has 0 amide bonds. The van der Waals surface area contributed by atoms with Crippen molar-refractivity contribution in [2.24, 2.45) is 0 Å². The van der Waals surface area contributed by atoms with Crippen LogP contribution in [0, 0.1) is 0 Å². The van der Waals surface area contributed by atoms with Crippen molar-refractivity contribution in [2.75, 3.05) is 0 Å². The van der Waals surface area contributed by atoms with Crippen LogP contribution in [-0.4, -0.2) is 0 Å². The van der Waals surface area contributed by atoms with Crippen LogP contribution in [0.1, 0.15) is 25.7 Å². The predicted octanol–water partition coefficient (Wildman–Crippen LogP) is 2.67. The molecule has 0 saturated carbocycles. The van der Waals surface area contributed by atoms with Crippen LogP contribution in [0.3, 0.4) is 0 Å². The molecule has 0 unspecified atom stereocenters. The molecule has 1 rings (SSSR count). The van der Waals surface area contributed by atoms with E-state index < -0.39 is 0 Å². The molecule has 0 atom stereocenters.